The Bertz CT molecular complexity index is 1760. The first-order valence-electron chi connectivity index (χ1n) is 15.6. The highest BCUT2D eigenvalue weighted by Gasteiger charge is 2.35. The number of hydrogen-bond acceptors (Lipinski definition) is 7. The van der Waals surface area contributed by atoms with Gasteiger partial charge in [0.25, 0.3) is 10.0 Å². The van der Waals surface area contributed by atoms with E-state index in [-0.39, 0.29) is 41.1 Å². The second kappa shape index (κ2) is 16.7. The summed E-state index contributed by atoms with van der Waals surface area (Å²) in [5, 5.41) is 3.00. The number of carbonyl (C=O) groups excluding carboxylic acids is 2. The Morgan fingerprint density at radius 1 is 0.750 bits per heavy atom. The Balaban J connectivity index is 1.83. The summed E-state index contributed by atoms with van der Waals surface area (Å²) in [5.74, 6) is 0.574. The fourth-order valence-electron chi connectivity index (χ4n) is 5.17. The van der Waals surface area contributed by atoms with Gasteiger partial charge in [0.1, 0.15) is 29.8 Å². The highest BCUT2D eigenvalue weighted by molar-refractivity contribution is 7.92. The van der Waals surface area contributed by atoms with Crippen LogP contribution in [0.2, 0.25) is 0 Å². The van der Waals surface area contributed by atoms with Crippen LogP contribution < -0.4 is 23.8 Å². The van der Waals surface area contributed by atoms with Gasteiger partial charge in [0.15, 0.2) is 0 Å². The summed E-state index contributed by atoms with van der Waals surface area (Å²) >= 11 is 0. The Hall–Kier alpha value is -5.03. The maximum Gasteiger partial charge on any atom is 0.264 e. The van der Waals surface area contributed by atoms with Gasteiger partial charge in [-0.05, 0) is 65.6 Å². The molecule has 4 aromatic rings. The molecule has 1 unspecified atom stereocenters. The maximum atomic E-state index is 14.7. The molecule has 254 valence electrons. The Labute approximate surface area is 283 Å². The van der Waals surface area contributed by atoms with E-state index in [0.717, 1.165) is 9.87 Å². The maximum absolute atomic E-state index is 14.7. The van der Waals surface area contributed by atoms with Gasteiger partial charge in [-0.25, -0.2) is 8.42 Å². The number of hydrogen-bond donors (Lipinski definition) is 1. The second-order valence-electron chi connectivity index (χ2n) is 11.6. The minimum atomic E-state index is -4.32. The quantitative estimate of drug-likeness (QED) is 0.171. The molecule has 0 aliphatic heterocycles. The molecule has 1 N–H and O–H groups in total. The van der Waals surface area contributed by atoms with Crippen molar-refractivity contribution in [2.75, 3.05) is 38.7 Å². The molecule has 10 nitrogen and oxygen atoms in total. The van der Waals surface area contributed by atoms with Crippen molar-refractivity contribution in [1.29, 1.82) is 0 Å². The third-order valence-corrected chi connectivity index (χ3v) is 9.50. The van der Waals surface area contributed by atoms with Crippen LogP contribution in [0.5, 0.6) is 17.2 Å². The lowest BCUT2D eigenvalue weighted by Crippen LogP contribution is -2.53. The third-order valence-electron chi connectivity index (χ3n) is 7.72. The Kier molecular flexibility index (Phi) is 12.5. The first kappa shape index (κ1) is 35.8. The van der Waals surface area contributed by atoms with Crippen LogP contribution >= 0.6 is 0 Å². The first-order chi connectivity index (χ1) is 23.1. The van der Waals surface area contributed by atoms with Crippen molar-refractivity contribution in [1.82, 2.24) is 10.2 Å². The van der Waals surface area contributed by atoms with Crippen molar-refractivity contribution >= 4 is 27.5 Å². The SMILES string of the molecule is COc1ccc(S(=O)(=O)N(CC(=O)N(Cc2cccc(OC)c2)C(Cc2ccccc2)C(=O)NCC(C)C)c2ccccc2OC)cc1. The summed E-state index contributed by atoms with van der Waals surface area (Å²) in [5.41, 5.74) is 1.73. The lowest BCUT2D eigenvalue weighted by atomic mass is 10.0. The molecule has 4 rings (SSSR count). The minimum absolute atomic E-state index is 0.0188. The van der Waals surface area contributed by atoms with Crippen molar-refractivity contribution in [3.8, 4) is 17.2 Å². The van der Waals surface area contributed by atoms with Crippen LogP contribution in [0.15, 0.2) is 108 Å². The minimum Gasteiger partial charge on any atom is -0.497 e. The van der Waals surface area contributed by atoms with Crippen LogP contribution in [0, 0.1) is 5.92 Å². The lowest BCUT2D eigenvalue weighted by molar-refractivity contribution is -0.140. The zero-order valence-corrected chi connectivity index (χ0v) is 28.8. The van der Waals surface area contributed by atoms with Gasteiger partial charge in [0.05, 0.1) is 31.9 Å². The average Bonchev–Trinajstić information content (AvgIpc) is 3.11. The number of rotatable bonds is 16. The highest BCUT2D eigenvalue weighted by Crippen LogP contribution is 2.33. The number of nitrogens with zero attached hydrogens (tertiary/aromatic N) is 2. The molecular formula is C37H43N3O7S. The molecule has 11 heteroatoms. The summed E-state index contributed by atoms with van der Waals surface area (Å²) in [4.78, 5) is 30.0. The first-order valence-corrected chi connectivity index (χ1v) is 17.0. The summed E-state index contributed by atoms with van der Waals surface area (Å²) < 4.78 is 45.9. The van der Waals surface area contributed by atoms with Crippen molar-refractivity contribution in [3.63, 3.8) is 0 Å². The van der Waals surface area contributed by atoms with Crippen LogP contribution in [0.4, 0.5) is 5.69 Å². The van der Waals surface area contributed by atoms with Crippen LogP contribution in [-0.2, 0) is 32.6 Å². The fraction of sp³-hybridized carbons (Fsp3) is 0.297. The average molecular weight is 674 g/mol. The molecule has 0 aliphatic rings. The van der Waals surface area contributed by atoms with Crippen LogP contribution in [0.3, 0.4) is 0 Å². The number of methoxy groups -OCH3 is 3. The Morgan fingerprint density at radius 3 is 2.04 bits per heavy atom. The smallest absolute Gasteiger partial charge is 0.264 e. The van der Waals surface area contributed by atoms with Crippen molar-refractivity contribution in [2.45, 2.75) is 37.8 Å². The predicted molar refractivity (Wildman–Crippen MR) is 186 cm³/mol. The van der Waals surface area contributed by atoms with Crippen molar-refractivity contribution in [3.05, 3.63) is 114 Å². The van der Waals surface area contributed by atoms with Gasteiger partial charge in [-0.15, -0.1) is 0 Å². The molecule has 0 fully saturated rings. The number of ether oxygens (including phenoxy) is 3. The zero-order valence-electron chi connectivity index (χ0n) is 28.0. The number of anilines is 1. The second-order valence-corrected chi connectivity index (χ2v) is 13.4. The lowest BCUT2D eigenvalue weighted by Gasteiger charge is -2.34. The molecule has 0 aliphatic carbocycles. The highest BCUT2D eigenvalue weighted by atomic mass is 32.2. The summed E-state index contributed by atoms with van der Waals surface area (Å²) in [6, 6.07) is 28.2. The van der Waals surface area contributed by atoms with Gasteiger partial charge < -0.3 is 24.4 Å². The van der Waals surface area contributed by atoms with Crippen LogP contribution in [0.25, 0.3) is 0 Å². The topological polar surface area (TPSA) is 114 Å². The largest absolute Gasteiger partial charge is 0.497 e. The monoisotopic (exact) mass is 673 g/mol. The number of para-hydroxylation sites is 2. The normalized spacial score (nSPS) is 11.8. The molecule has 0 aromatic heterocycles. The molecule has 0 saturated carbocycles. The molecule has 48 heavy (non-hydrogen) atoms. The molecule has 4 aromatic carbocycles. The van der Waals surface area contributed by atoms with E-state index in [1.807, 2.05) is 50.2 Å². The van der Waals surface area contributed by atoms with E-state index in [2.05, 4.69) is 5.32 Å². The van der Waals surface area contributed by atoms with E-state index in [0.29, 0.717) is 23.6 Å². The van der Waals surface area contributed by atoms with Gasteiger partial charge in [0, 0.05) is 19.5 Å². The fourth-order valence-corrected chi connectivity index (χ4v) is 6.59. The van der Waals surface area contributed by atoms with E-state index >= 15 is 0 Å². The number of nitrogens with one attached hydrogen (secondary N) is 1. The van der Waals surface area contributed by atoms with Gasteiger partial charge in [-0.1, -0.05) is 68.4 Å². The van der Waals surface area contributed by atoms with Crippen LogP contribution in [-0.4, -0.2) is 65.6 Å². The predicted octanol–water partition coefficient (Wildman–Crippen LogP) is 5.32. The number of benzene rings is 4. The summed E-state index contributed by atoms with van der Waals surface area (Å²) in [6.07, 6.45) is 0.209. The summed E-state index contributed by atoms with van der Waals surface area (Å²) in [7, 11) is 0.153. The molecular weight excluding hydrogens is 630 g/mol. The van der Waals surface area contributed by atoms with Crippen LogP contribution in [0.1, 0.15) is 25.0 Å². The van der Waals surface area contributed by atoms with E-state index in [9.17, 15) is 18.0 Å². The third kappa shape index (κ3) is 9.07. The van der Waals surface area contributed by atoms with E-state index < -0.39 is 28.5 Å². The van der Waals surface area contributed by atoms with Gasteiger partial charge in [-0.3, -0.25) is 13.9 Å². The van der Waals surface area contributed by atoms with Gasteiger partial charge in [-0.2, -0.15) is 0 Å². The summed E-state index contributed by atoms with van der Waals surface area (Å²) in [6.45, 7) is 3.79. The molecule has 0 spiro atoms. The van der Waals surface area contributed by atoms with E-state index in [4.69, 9.17) is 14.2 Å². The molecule has 0 saturated heterocycles. The number of carbonyl (C=O) groups is 2. The van der Waals surface area contributed by atoms with Gasteiger partial charge >= 0.3 is 0 Å². The van der Waals surface area contributed by atoms with Crippen molar-refractivity contribution < 1.29 is 32.2 Å². The molecule has 0 heterocycles. The van der Waals surface area contributed by atoms with E-state index in [1.165, 1.54) is 31.3 Å². The van der Waals surface area contributed by atoms with Crippen molar-refractivity contribution in [2.24, 2.45) is 5.92 Å². The van der Waals surface area contributed by atoms with Gasteiger partial charge in [0.2, 0.25) is 11.8 Å². The van der Waals surface area contributed by atoms with E-state index in [1.54, 1.807) is 61.7 Å². The molecule has 1 atom stereocenters. The Morgan fingerprint density at radius 2 is 1.40 bits per heavy atom. The number of amides is 2. The molecule has 0 bridgehead atoms. The standard InChI is InChI=1S/C37H43N3O7S/c1-27(2)24-38-37(42)34(23-28-12-7-6-8-13-28)39(25-29-14-11-15-31(22-29)46-4)36(41)26-40(33-16-9-10-17-35(33)47-5)48(43,44)32-20-18-30(45-3)19-21-32/h6-22,27,34H,23-26H2,1-5H3,(H,38,42). The number of sulfonamides is 1. The molecule has 2 amide bonds. The molecule has 0 radical (unpaired) electrons. The zero-order chi connectivity index (χ0) is 34.7.